The van der Waals surface area contributed by atoms with Crippen LogP contribution in [0.1, 0.15) is 89.9 Å². The smallest absolute Gasteiger partial charge is 0.341 e. The first-order valence-electron chi connectivity index (χ1n) is 15.9. The van der Waals surface area contributed by atoms with Gasteiger partial charge < -0.3 is 20.1 Å². The number of nitrogens with zero attached hydrogens (tertiary/aromatic N) is 4. The second-order valence-electron chi connectivity index (χ2n) is 12.1. The molecule has 234 valence electrons. The average molecular weight is 608 g/mol. The van der Waals surface area contributed by atoms with E-state index in [1.54, 1.807) is 18.5 Å². The first-order chi connectivity index (χ1) is 21.8. The summed E-state index contributed by atoms with van der Waals surface area (Å²) in [4.78, 5) is 32.0. The van der Waals surface area contributed by atoms with Crippen LogP contribution in [-0.2, 0) is 16.0 Å². The summed E-state index contributed by atoms with van der Waals surface area (Å²) in [5, 5.41) is 18.2. The second kappa shape index (κ2) is 12.9. The van der Waals surface area contributed by atoms with Gasteiger partial charge in [0.1, 0.15) is 11.7 Å². The van der Waals surface area contributed by atoms with E-state index in [1.807, 2.05) is 30.0 Å². The number of carbonyl (C=O) groups is 2. The zero-order valence-electron chi connectivity index (χ0n) is 26.4. The van der Waals surface area contributed by atoms with Crippen molar-refractivity contribution in [1.82, 2.24) is 19.7 Å². The lowest BCUT2D eigenvalue weighted by molar-refractivity contribution is -0.143. The third-order valence-corrected chi connectivity index (χ3v) is 9.09. The third-order valence-electron chi connectivity index (χ3n) is 9.09. The van der Waals surface area contributed by atoms with E-state index in [-0.39, 0.29) is 24.0 Å². The molecule has 2 aromatic carbocycles. The molecule has 2 N–H and O–H groups in total. The predicted molar refractivity (Wildman–Crippen MR) is 173 cm³/mol. The van der Waals surface area contributed by atoms with Crippen molar-refractivity contribution in [2.24, 2.45) is 0 Å². The molecule has 45 heavy (non-hydrogen) atoms. The number of aliphatic hydroxyl groups is 1. The normalized spacial score (nSPS) is 18.4. The number of ether oxygens (including phenoxy) is 1. The van der Waals surface area contributed by atoms with Crippen LogP contribution >= 0.6 is 0 Å². The van der Waals surface area contributed by atoms with E-state index in [0.29, 0.717) is 30.2 Å². The number of aryl methyl sites for hydroxylation is 2. The Labute approximate surface area is 264 Å². The Morgan fingerprint density at radius 2 is 1.91 bits per heavy atom. The van der Waals surface area contributed by atoms with Gasteiger partial charge >= 0.3 is 5.97 Å². The summed E-state index contributed by atoms with van der Waals surface area (Å²) in [5.41, 5.74) is 8.89. The van der Waals surface area contributed by atoms with Gasteiger partial charge in [-0.05, 0) is 100 Å². The maximum atomic E-state index is 12.7. The summed E-state index contributed by atoms with van der Waals surface area (Å²) in [7, 11) is 0. The Hall–Kier alpha value is -4.50. The Balaban J connectivity index is 1.27. The number of rotatable bonds is 8. The van der Waals surface area contributed by atoms with Gasteiger partial charge in [0.25, 0.3) is 5.91 Å². The lowest BCUT2D eigenvalue weighted by Crippen LogP contribution is -2.43. The summed E-state index contributed by atoms with van der Waals surface area (Å²) in [6.45, 7) is 8.27. The van der Waals surface area contributed by atoms with Crippen molar-refractivity contribution in [3.8, 4) is 17.1 Å². The molecule has 0 radical (unpaired) electrons. The van der Waals surface area contributed by atoms with Crippen LogP contribution in [0.2, 0.25) is 0 Å². The third kappa shape index (κ3) is 5.96. The molecular weight excluding hydrogens is 566 g/mol. The van der Waals surface area contributed by atoms with Gasteiger partial charge in [0, 0.05) is 17.8 Å². The van der Waals surface area contributed by atoms with Crippen LogP contribution in [0.5, 0.6) is 0 Å². The Morgan fingerprint density at radius 3 is 2.69 bits per heavy atom. The van der Waals surface area contributed by atoms with Gasteiger partial charge in [-0.15, -0.1) is 0 Å². The molecule has 3 heterocycles. The highest BCUT2D eigenvalue weighted by Gasteiger charge is 2.31. The van der Waals surface area contributed by atoms with Gasteiger partial charge in [0.2, 0.25) is 0 Å². The molecule has 1 amide bonds. The minimum absolute atomic E-state index is 0.0162. The van der Waals surface area contributed by atoms with Crippen molar-refractivity contribution in [3.05, 3.63) is 94.3 Å². The minimum atomic E-state index is -0.995. The number of likely N-dealkylation sites (tertiary alicyclic amines) is 1. The molecule has 1 aliphatic heterocycles. The van der Waals surface area contributed by atoms with E-state index in [9.17, 15) is 14.7 Å². The fourth-order valence-electron chi connectivity index (χ4n) is 6.82. The standard InChI is InChI=1S/C36H41N5O4/c1-5-45-36(44)28-21-37-41(23(28)3)33-14-9-12-30(39-33)27-11-8-10-25-15-18-31(34(25)27)38-29-17-16-26(20-22(29)2)32-13-6-7-19-40(32)35(43)24(4)42/h8-12,14,16-17,20-21,24,31-32,38,42H,5-7,13,15,18-19H2,1-4H3. The van der Waals surface area contributed by atoms with Crippen LogP contribution < -0.4 is 5.32 Å². The number of aliphatic hydroxyl groups excluding tert-OH is 1. The highest BCUT2D eigenvalue weighted by atomic mass is 16.5. The van der Waals surface area contributed by atoms with Crippen molar-refractivity contribution >= 4 is 17.6 Å². The lowest BCUT2D eigenvalue weighted by Gasteiger charge is -2.37. The Kier molecular flexibility index (Phi) is 8.72. The molecule has 2 aliphatic rings. The topological polar surface area (TPSA) is 110 Å². The second-order valence-corrected chi connectivity index (χ2v) is 12.1. The van der Waals surface area contributed by atoms with Crippen molar-refractivity contribution in [3.63, 3.8) is 0 Å². The van der Waals surface area contributed by atoms with Crippen LogP contribution in [0, 0.1) is 13.8 Å². The molecule has 3 atom stereocenters. The van der Waals surface area contributed by atoms with Crippen molar-refractivity contribution in [1.29, 1.82) is 0 Å². The zero-order chi connectivity index (χ0) is 31.7. The molecule has 0 spiro atoms. The summed E-state index contributed by atoms with van der Waals surface area (Å²) in [6.07, 6.45) is 5.40. The molecule has 0 saturated carbocycles. The molecule has 2 aromatic heterocycles. The molecule has 1 fully saturated rings. The largest absolute Gasteiger partial charge is 0.462 e. The van der Waals surface area contributed by atoms with E-state index in [2.05, 4.69) is 53.7 Å². The summed E-state index contributed by atoms with van der Waals surface area (Å²) in [6, 6.07) is 18.8. The number of hydrogen-bond acceptors (Lipinski definition) is 7. The molecule has 1 saturated heterocycles. The van der Waals surface area contributed by atoms with E-state index in [1.165, 1.54) is 17.3 Å². The van der Waals surface area contributed by atoms with E-state index in [4.69, 9.17) is 9.72 Å². The predicted octanol–water partition coefficient (Wildman–Crippen LogP) is 6.26. The first kappa shape index (κ1) is 30.5. The lowest BCUT2D eigenvalue weighted by atomic mass is 9.93. The number of hydrogen-bond donors (Lipinski definition) is 2. The number of carbonyl (C=O) groups excluding carboxylic acids is 2. The van der Waals surface area contributed by atoms with Crippen molar-refractivity contribution in [2.75, 3.05) is 18.5 Å². The maximum Gasteiger partial charge on any atom is 0.341 e. The monoisotopic (exact) mass is 607 g/mol. The van der Waals surface area contributed by atoms with E-state index >= 15 is 0 Å². The molecular formula is C36H41N5O4. The van der Waals surface area contributed by atoms with E-state index in [0.717, 1.165) is 60.2 Å². The van der Waals surface area contributed by atoms with Gasteiger partial charge in [0.05, 0.1) is 36.3 Å². The van der Waals surface area contributed by atoms with Crippen LogP contribution in [0.25, 0.3) is 17.1 Å². The summed E-state index contributed by atoms with van der Waals surface area (Å²) >= 11 is 0. The quantitative estimate of drug-likeness (QED) is 0.228. The average Bonchev–Trinajstić information content (AvgIpc) is 3.65. The number of esters is 1. The number of aromatic nitrogens is 3. The van der Waals surface area contributed by atoms with Gasteiger partial charge in [0.15, 0.2) is 5.82 Å². The highest BCUT2D eigenvalue weighted by molar-refractivity contribution is 5.90. The summed E-state index contributed by atoms with van der Waals surface area (Å²) < 4.78 is 6.87. The SMILES string of the molecule is CCOC(=O)c1cnn(-c2cccc(-c3cccc4c3C(Nc3ccc(C5CCCCN5C(=O)C(C)O)cc3C)CC4)n2)c1C. The van der Waals surface area contributed by atoms with Crippen molar-refractivity contribution in [2.45, 2.75) is 78.0 Å². The Morgan fingerprint density at radius 1 is 1.09 bits per heavy atom. The number of amides is 1. The number of benzene rings is 2. The number of nitrogens with one attached hydrogen (secondary N) is 1. The molecule has 1 aliphatic carbocycles. The number of piperidine rings is 1. The molecule has 9 heteroatoms. The first-order valence-corrected chi connectivity index (χ1v) is 15.9. The fraction of sp³-hybridized carbons (Fsp3) is 0.389. The van der Waals surface area contributed by atoms with Gasteiger partial charge in [-0.2, -0.15) is 5.10 Å². The van der Waals surface area contributed by atoms with Crippen LogP contribution in [-0.4, -0.2) is 55.9 Å². The van der Waals surface area contributed by atoms with Gasteiger partial charge in [-0.1, -0.05) is 36.4 Å². The van der Waals surface area contributed by atoms with Crippen LogP contribution in [0.3, 0.4) is 0 Å². The molecule has 9 nitrogen and oxygen atoms in total. The summed E-state index contributed by atoms with van der Waals surface area (Å²) in [5.74, 6) is 0.0484. The molecule has 0 bridgehead atoms. The molecule has 6 rings (SSSR count). The minimum Gasteiger partial charge on any atom is -0.462 e. The fourth-order valence-corrected chi connectivity index (χ4v) is 6.82. The number of fused-ring (bicyclic) bond motifs is 1. The highest BCUT2D eigenvalue weighted by Crippen LogP contribution is 2.41. The number of anilines is 1. The molecule has 3 unspecified atom stereocenters. The maximum absolute atomic E-state index is 12.7. The Bertz CT molecular complexity index is 1730. The van der Waals surface area contributed by atoms with E-state index < -0.39 is 6.10 Å². The zero-order valence-corrected chi connectivity index (χ0v) is 26.4. The number of pyridine rings is 1. The molecule has 4 aromatic rings. The van der Waals surface area contributed by atoms with Crippen molar-refractivity contribution < 1.29 is 19.4 Å². The van der Waals surface area contributed by atoms with Gasteiger partial charge in [-0.25, -0.2) is 14.5 Å². The van der Waals surface area contributed by atoms with Crippen LogP contribution in [0.15, 0.2) is 60.8 Å². The van der Waals surface area contributed by atoms with Crippen LogP contribution in [0.4, 0.5) is 5.69 Å². The van der Waals surface area contributed by atoms with Gasteiger partial charge in [-0.3, -0.25) is 4.79 Å².